The zero-order valence-corrected chi connectivity index (χ0v) is 8.12. The third kappa shape index (κ3) is 1.79. The molecule has 0 aromatic heterocycles. The molecule has 1 atom stereocenters. The van der Waals surface area contributed by atoms with Gasteiger partial charge in [-0.2, -0.15) is 0 Å². The van der Waals surface area contributed by atoms with E-state index in [0.29, 0.717) is 19.1 Å². The van der Waals surface area contributed by atoms with Crippen LogP contribution in [0.4, 0.5) is 4.39 Å². The van der Waals surface area contributed by atoms with Crippen molar-refractivity contribution in [3.05, 3.63) is 35.6 Å². The highest BCUT2D eigenvalue weighted by atomic mass is 19.1. The van der Waals surface area contributed by atoms with Crippen molar-refractivity contribution in [3.8, 4) is 0 Å². The SMILES string of the molecule is NCC1CCN1Cc1ccccc1F. The Labute approximate surface area is 83.5 Å². The van der Waals surface area contributed by atoms with Crippen molar-refractivity contribution >= 4 is 0 Å². The zero-order chi connectivity index (χ0) is 9.97. The van der Waals surface area contributed by atoms with Gasteiger partial charge in [-0.25, -0.2) is 4.39 Å². The third-order valence-corrected chi connectivity index (χ3v) is 2.87. The first kappa shape index (κ1) is 9.62. The topological polar surface area (TPSA) is 29.3 Å². The van der Waals surface area contributed by atoms with Crippen LogP contribution >= 0.6 is 0 Å². The summed E-state index contributed by atoms with van der Waals surface area (Å²) in [5, 5.41) is 0. The molecule has 1 aromatic carbocycles. The lowest BCUT2D eigenvalue weighted by Crippen LogP contribution is -2.50. The lowest BCUT2D eigenvalue weighted by atomic mass is 10.0. The van der Waals surface area contributed by atoms with Gasteiger partial charge in [0.05, 0.1) is 0 Å². The highest BCUT2D eigenvalue weighted by molar-refractivity contribution is 5.17. The fraction of sp³-hybridized carbons (Fsp3) is 0.455. The minimum Gasteiger partial charge on any atom is -0.329 e. The standard InChI is InChI=1S/C11H15FN2/c12-11-4-2-1-3-9(11)8-14-6-5-10(14)7-13/h1-4,10H,5-8,13H2. The molecule has 1 aromatic rings. The van der Waals surface area contributed by atoms with Crippen LogP contribution in [-0.4, -0.2) is 24.0 Å². The first-order chi connectivity index (χ1) is 6.81. The Bertz CT molecular complexity index is 312. The minimum absolute atomic E-state index is 0.116. The van der Waals surface area contributed by atoms with E-state index < -0.39 is 0 Å². The third-order valence-electron chi connectivity index (χ3n) is 2.87. The smallest absolute Gasteiger partial charge is 0.127 e. The molecule has 0 amide bonds. The number of nitrogens with two attached hydrogens (primary N) is 1. The molecule has 2 nitrogen and oxygen atoms in total. The van der Waals surface area contributed by atoms with E-state index in [-0.39, 0.29) is 5.82 Å². The van der Waals surface area contributed by atoms with Gasteiger partial charge in [-0.05, 0) is 12.5 Å². The number of hydrogen-bond donors (Lipinski definition) is 1. The molecule has 14 heavy (non-hydrogen) atoms. The van der Waals surface area contributed by atoms with E-state index in [1.165, 1.54) is 6.07 Å². The summed E-state index contributed by atoms with van der Waals surface area (Å²) in [7, 11) is 0. The average molecular weight is 194 g/mol. The van der Waals surface area contributed by atoms with Gasteiger partial charge in [-0.15, -0.1) is 0 Å². The first-order valence-electron chi connectivity index (χ1n) is 4.99. The second kappa shape index (κ2) is 4.07. The van der Waals surface area contributed by atoms with Crippen molar-refractivity contribution in [3.63, 3.8) is 0 Å². The van der Waals surface area contributed by atoms with E-state index in [1.54, 1.807) is 6.07 Å². The summed E-state index contributed by atoms with van der Waals surface area (Å²) in [5.74, 6) is -0.116. The van der Waals surface area contributed by atoms with Gasteiger partial charge in [0.15, 0.2) is 0 Å². The van der Waals surface area contributed by atoms with E-state index >= 15 is 0 Å². The van der Waals surface area contributed by atoms with Gasteiger partial charge in [-0.1, -0.05) is 18.2 Å². The number of benzene rings is 1. The molecule has 2 N–H and O–H groups in total. The number of hydrogen-bond acceptors (Lipinski definition) is 2. The molecule has 2 rings (SSSR count). The van der Waals surface area contributed by atoms with Crippen LogP contribution in [0.15, 0.2) is 24.3 Å². The molecule has 76 valence electrons. The lowest BCUT2D eigenvalue weighted by Gasteiger charge is -2.40. The van der Waals surface area contributed by atoms with Crippen LogP contribution in [0.5, 0.6) is 0 Å². The van der Waals surface area contributed by atoms with Gasteiger partial charge >= 0.3 is 0 Å². The second-order valence-corrected chi connectivity index (χ2v) is 3.74. The van der Waals surface area contributed by atoms with Gasteiger partial charge in [0.1, 0.15) is 5.82 Å². The summed E-state index contributed by atoms with van der Waals surface area (Å²) in [6, 6.07) is 7.38. The summed E-state index contributed by atoms with van der Waals surface area (Å²) in [6.45, 7) is 2.40. The Kier molecular flexibility index (Phi) is 2.79. The van der Waals surface area contributed by atoms with Gasteiger partial charge in [0.2, 0.25) is 0 Å². The fourth-order valence-electron chi connectivity index (χ4n) is 1.81. The van der Waals surface area contributed by atoms with E-state index in [2.05, 4.69) is 4.90 Å². The number of rotatable bonds is 3. The average Bonchev–Trinajstić information content (AvgIpc) is 2.15. The summed E-state index contributed by atoms with van der Waals surface area (Å²) in [6.07, 6.45) is 1.14. The Balaban J connectivity index is 2.01. The monoisotopic (exact) mass is 194 g/mol. The van der Waals surface area contributed by atoms with Crippen molar-refractivity contribution in [2.24, 2.45) is 5.73 Å². The molecule has 0 radical (unpaired) electrons. The molecule has 1 unspecified atom stereocenters. The summed E-state index contributed by atoms with van der Waals surface area (Å²) < 4.78 is 13.3. The summed E-state index contributed by atoms with van der Waals surface area (Å²) >= 11 is 0. The molecule has 0 saturated carbocycles. The van der Waals surface area contributed by atoms with Crippen LogP contribution in [0.25, 0.3) is 0 Å². The van der Waals surface area contributed by atoms with Gasteiger partial charge in [0.25, 0.3) is 0 Å². The van der Waals surface area contributed by atoms with E-state index in [9.17, 15) is 4.39 Å². The largest absolute Gasteiger partial charge is 0.329 e. The van der Waals surface area contributed by atoms with E-state index in [0.717, 1.165) is 18.5 Å². The van der Waals surface area contributed by atoms with Crippen molar-refractivity contribution in [1.29, 1.82) is 0 Å². The summed E-state index contributed by atoms with van der Waals surface area (Å²) in [4.78, 5) is 2.22. The van der Waals surface area contributed by atoms with E-state index in [1.807, 2.05) is 12.1 Å². The number of nitrogens with zero attached hydrogens (tertiary/aromatic N) is 1. The quantitative estimate of drug-likeness (QED) is 0.787. The van der Waals surface area contributed by atoms with Gasteiger partial charge < -0.3 is 5.73 Å². The molecule has 1 heterocycles. The first-order valence-corrected chi connectivity index (χ1v) is 4.99. The fourth-order valence-corrected chi connectivity index (χ4v) is 1.81. The summed E-state index contributed by atoms with van der Waals surface area (Å²) in [5.41, 5.74) is 6.35. The van der Waals surface area contributed by atoms with Crippen molar-refractivity contribution < 1.29 is 4.39 Å². The molecule has 0 spiro atoms. The van der Waals surface area contributed by atoms with Crippen LogP contribution in [0.3, 0.4) is 0 Å². The molecule has 1 fully saturated rings. The van der Waals surface area contributed by atoms with Crippen LogP contribution in [0.1, 0.15) is 12.0 Å². The molecule has 1 saturated heterocycles. The van der Waals surface area contributed by atoms with Gasteiger partial charge in [0, 0.05) is 31.2 Å². The highest BCUT2D eigenvalue weighted by Crippen LogP contribution is 2.20. The molecule has 0 bridgehead atoms. The Hall–Kier alpha value is -0.930. The van der Waals surface area contributed by atoms with Crippen LogP contribution in [0.2, 0.25) is 0 Å². The van der Waals surface area contributed by atoms with Crippen LogP contribution < -0.4 is 5.73 Å². The maximum atomic E-state index is 13.3. The zero-order valence-electron chi connectivity index (χ0n) is 8.12. The number of halogens is 1. The molecule has 1 aliphatic heterocycles. The molecule has 0 aliphatic carbocycles. The minimum atomic E-state index is -0.116. The maximum Gasteiger partial charge on any atom is 0.127 e. The van der Waals surface area contributed by atoms with Crippen molar-refractivity contribution in [2.45, 2.75) is 19.0 Å². The Morgan fingerprint density at radius 2 is 2.21 bits per heavy atom. The molecule has 1 aliphatic rings. The van der Waals surface area contributed by atoms with Gasteiger partial charge in [-0.3, -0.25) is 4.90 Å². The van der Waals surface area contributed by atoms with Crippen molar-refractivity contribution in [1.82, 2.24) is 4.90 Å². The lowest BCUT2D eigenvalue weighted by molar-refractivity contribution is 0.0869. The van der Waals surface area contributed by atoms with Crippen molar-refractivity contribution in [2.75, 3.05) is 13.1 Å². The molecular weight excluding hydrogens is 179 g/mol. The second-order valence-electron chi connectivity index (χ2n) is 3.74. The molecule has 3 heteroatoms. The highest BCUT2D eigenvalue weighted by Gasteiger charge is 2.26. The Morgan fingerprint density at radius 3 is 2.79 bits per heavy atom. The normalized spacial score (nSPS) is 22.0. The van der Waals surface area contributed by atoms with E-state index in [4.69, 9.17) is 5.73 Å². The van der Waals surface area contributed by atoms with Crippen LogP contribution in [-0.2, 0) is 6.54 Å². The maximum absolute atomic E-state index is 13.3. The molecular formula is C11H15FN2. The predicted octanol–water partition coefficient (Wildman–Crippen LogP) is 1.36. The van der Waals surface area contributed by atoms with Crippen LogP contribution in [0, 0.1) is 5.82 Å². The predicted molar refractivity (Wildman–Crippen MR) is 54.3 cm³/mol. The Morgan fingerprint density at radius 1 is 1.43 bits per heavy atom. The number of likely N-dealkylation sites (tertiary alicyclic amines) is 1.